The van der Waals surface area contributed by atoms with Gasteiger partial charge in [-0.1, -0.05) is 152 Å². The number of benzene rings is 7. The summed E-state index contributed by atoms with van der Waals surface area (Å²) in [6, 6.07) is 66.3. The second-order valence-corrected chi connectivity index (χ2v) is 12.2. The van der Waals surface area contributed by atoms with Crippen LogP contribution in [0.3, 0.4) is 0 Å². The Balaban J connectivity index is 1.33. The number of nitrogens with zero attached hydrogens (tertiary/aromatic N) is 2. The molecule has 0 unspecified atom stereocenters. The molecule has 1 heterocycles. The summed E-state index contributed by atoms with van der Waals surface area (Å²) in [4.78, 5) is 10.7. The van der Waals surface area contributed by atoms with Crippen LogP contribution < -0.4 is 0 Å². The molecule has 0 fully saturated rings. The summed E-state index contributed by atoms with van der Waals surface area (Å²) < 4.78 is 0. The van der Waals surface area contributed by atoms with Gasteiger partial charge in [-0.05, 0) is 98.1 Å². The van der Waals surface area contributed by atoms with Gasteiger partial charge in [-0.25, -0.2) is 0 Å². The highest BCUT2D eigenvalue weighted by Gasteiger charge is 2.17. The number of allylic oxidation sites excluding steroid dienone is 1. The molecule has 2 nitrogen and oxygen atoms in total. The molecular formula is C47H34N2. The average molecular weight is 627 g/mol. The molecule has 0 spiro atoms. The van der Waals surface area contributed by atoms with E-state index in [9.17, 15) is 0 Å². The maximum Gasteiger partial charge on any atom is 0.0825 e. The van der Waals surface area contributed by atoms with Gasteiger partial charge in [0.15, 0.2) is 0 Å². The van der Waals surface area contributed by atoms with Crippen molar-refractivity contribution in [2.24, 2.45) is 9.98 Å². The highest BCUT2D eigenvalue weighted by atomic mass is 14.9. The average Bonchev–Trinajstić information content (AvgIpc) is 3.43. The molecule has 0 aromatic heterocycles. The molecular weight excluding hydrogens is 593 g/mol. The number of aliphatic imine (C=N–C) groups is 2. The van der Waals surface area contributed by atoms with E-state index >= 15 is 0 Å². The molecule has 1 aliphatic rings. The summed E-state index contributed by atoms with van der Waals surface area (Å²) in [5.41, 5.74) is 15.2. The molecule has 232 valence electrons. The first-order chi connectivity index (χ1) is 24.3. The fraction of sp³-hybridized carbons (Fsp3) is 0.0213. The van der Waals surface area contributed by atoms with Gasteiger partial charge in [-0.2, -0.15) is 0 Å². The molecule has 8 rings (SSSR count). The summed E-state index contributed by atoms with van der Waals surface area (Å²) >= 11 is 0. The Labute approximate surface area is 288 Å². The summed E-state index contributed by atoms with van der Waals surface area (Å²) in [6.07, 6.45) is 2.15. The normalized spacial score (nSPS) is 12.8. The lowest BCUT2D eigenvalue weighted by Crippen LogP contribution is -2.07. The fourth-order valence-electron chi connectivity index (χ4n) is 6.39. The smallest absolute Gasteiger partial charge is 0.0825 e. The fourth-order valence-corrected chi connectivity index (χ4v) is 6.39. The minimum absolute atomic E-state index is 0.459. The Morgan fingerprint density at radius 1 is 0.306 bits per heavy atom. The molecule has 1 aliphatic heterocycles. The summed E-state index contributed by atoms with van der Waals surface area (Å²) in [7, 11) is 0. The number of hydrogen-bond acceptors (Lipinski definition) is 2. The molecule has 0 saturated heterocycles. The van der Waals surface area contributed by atoms with Crippen molar-refractivity contribution in [2.75, 3.05) is 6.54 Å². The predicted octanol–water partition coefficient (Wildman–Crippen LogP) is 11.7. The molecule has 0 N–H and O–H groups in total. The third-order valence-corrected chi connectivity index (χ3v) is 8.92. The van der Waals surface area contributed by atoms with Crippen molar-refractivity contribution in [3.63, 3.8) is 0 Å². The Hall–Kier alpha value is -6.38. The van der Waals surface area contributed by atoms with Crippen LogP contribution in [0.15, 0.2) is 204 Å². The molecule has 0 aliphatic carbocycles. The molecule has 2 heteroatoms. The van der Waals surface area contributed by atoms with Crippen LogP contribution in [-0.4, -0.2) is 18.0 Å². The largest absolute Gasteiger partial charge is 0.278 e. The Kier molecular flexibility index (Phi) is 8.43. The third-order valence-electron chi connectivity index (χ3n) is 8.92. The van der Waals surface area contributed by atoms with Crippen molar-refractivity contribution in [3.8, 4) is 44.5 Å². The maximum absolute atomic E-state index is 5.49. The van der Waals surface area contributed by atoms with Crippen molar-refractivity contribution in [3.05, 3.63) is 211 Å². The molecule has 0 bridgehead atoms. The second kappa shape index (κ2) is 13.8. The van der Waals surface area contributed by atoms with Crippen LogP contribution in [0.1, 0.15) is 16.7 Å². The molecule has 0 atom stereocenters. The zero-order valence-electron chi connectivity index (χ0n) is 27.1. The number of rotatable bonds is 7. The maximum atomic E-state index is 5.49. The van der Waals surface area contributed by atoms with Gasteiger partial charge in [0.25, 0.3) is 0 Å². The minimum Gasteiger partial charge on any atom is -0.278 e. The highest BCUT2D eigenvalue weighted by Crippen LogP contribution is 2.34. The van der Waals surface area contributed by atoms with Gasteiger partial charge in [-0.15, -0.1) is 0 Å². The Morgan fingerprint density at radius 2 is 0.633 bits per heavy atom. The van der Waals surface area contributed by atoms with E-state index in [2.05, 4.69) is 188 Å². The lowest BCUT2D eigenvalue weighted by atomic mass is 9.94. The summed E-state index contributed by atoms with van der Waals surface area (Å²) in [5, 5.41) is 0. The van der Waals surface area contributed by atoms with Crippen molar-refractivity contribution < 1.29 is 0 Å². The van der Waals surface area contributed by atoms with Gasteiger partial charge in [-0.3, -0.25) is 9.98 Å². The van der Waals surface area contributed by atoms with Crippen molar-refractivity contribution in [1.29, 1.82) is 0 Å². The molecule has 0 saturated carbocycles. The lowest BCUT2D eigenvalue weighted by Gasteiger charge is -2.14. The van der Waals surface area contributed by atoms with Gasteiger partial charge in [0.05, 0.1) is 23.7 Å². The van der Waals surface area contributed by atoms with E-state index in [4.69, 9.17) is 9.98 Å². The first kappa shape index (κ1) is 30.0. The van der Waals surface area contributed by atoms with E-state index in [1.54, 1.807) is 0 Å². The first-order valence-corrected chi connectivity index (χ1v) is 16.7. The highest BCUT2D eigenvalue weighted by molar-refractivity contribution is 6.17. The van der Waals surface area contributed by atoms with E-state index in [0.717, 1.165) is 56.1 Å². The Morgan fingerprint density at radius 3 is 1.02 bits per heavy atom. The van der Waals surface area contributed by atoms with E-state index in [0.29, 0.717) is 6.54 Å². The predicted molar refractivity (Wildman–Crippen MR) is 207 cm³/mol. The quantitative estimate of drug-likeness (QED) is 0.168. The molecule has 49 heavy (non-hydrogen) atoms. The van der Waals surface area contributed by atoms with E-state index in [1.165, 1.54) is 22.3 Å². The van der Waals surface area contributed by atoms with E-state index in [-0.39, 0.29) is 0 Å². The van der Waals surface area contributed by atoms with Crippen LogP contribution in [0.2, 0.25) is 0 Å². The first-order valence-electron chi connectivity index (χ1n) is 16.7. The van der Waals surface area contributed by atoms with Crippen LogP contribution >= 0.6 is 0 Å². The minimum atomic E-state index is 0.459. The lowest BCUT2D eigenvalue weighted by molar-refractivity contribution is 1.29. The van der Waals surface area contributed by atoms with Gasteiger partial charge in [0, 0.05) is 5.56 Å². The SMILES string of the molecule is C1=C(c2cc(-c3ccccc3)cc(-c3ccccc3)c2)N=C(c2cc(-c3ccccc3)cc(-c3ccccc3)c2)CN=C1c1ccccc1. The Bertz CT molecular complexity index is 2190. The monoisotopic (exact) mass is 626 g/mol. The van der Waals surface area contributed by atoms with Crippen LogP contribution in [0, 0.1) is 0 Å². The van der Waals surface area contributed by atoms with Gasteiger partial charge < -0.3 is 0 Å². The topological polar surface area (TPSA) is 24.7 Å². The molecule has 0 amide bonds. The van der Waals surface area contributed by atoms with Crippen molar-refractivity contribution in [1.82, 2.24) is 0 Å². The standard InChI is InChI=1S/C47H34N2/c1-6-16-34(17-7-1)39-26-40(35-18-8-2-9-19-35)29-43(28-39)46-32-45(38-24-14-5-15-25-38)48-33-47(49-46)44-30-41(36-20-10-3-11-21-36)27-42(31-44)37-22-12-4-13-23-37/h1-32H,33H2. The molecule has 0 radical (unpaired) electrons. The van der Waals surface area contributed by atoms with Crippen LogP contribution in [0.5, 0.6) is 0 Å². The number of hydrogen-bond donors (Lipinski definition) is 0. The zero-order valence-corrected chi connectivity index (χ0v) is 27.1. The second-order valence-electron chi connectivity index (χ2n) is 12.2. The third kappa shape index (κ3) is 6.72. The molecule has 7 aromatic rings. The van der Waals surface area contributed by atoms with Crippen LogP contribution in [-0.2, 0) is 0 Å². The van der Waals surface area contributed by atoms with Crippen molar-refractivity contribution in [2.45, 2.75) is 0 Å². The van der Waals surface area contributed by atoms with Crippen LogP contribution in [0.4, 0.5) is 0 Å². The van der Waals surface area contributed by atoms with E-state index in [1.807, 2.05) is 6.07 Å². The summed E-state index contributed by atoms with van der Waals surface area (Å²) in [6.45, 7) is 0.459. The molecule has 7 aromatic carbocycles. The van der Waals surface area contributed by atoms with Gasteiger partial charge in [0.1, 0.15) is 0 Å². The summed E-state index contributed by atoms with van der Waals surface area (Å²) in [5.74, 6) is 0. The van der Waals surface area contributed by atoms with E-state index < -0.39 is 0 Å². The van der Waals surface area contributed by atoms with Crippen LogP contribution in [0.25, 0.3) is 50.2 Å². The van der Waals surface area contributed by atoms with Gasteiger partial charge >= 0.3 is 0 Å². The zero-order chi connectivity index (χ0) is 32.8. The van der Waals surface area contributed by atoms with Gasteiger partial charge in [0.2, 0.25) is 0 Å². The van der Waals surface area contributed by atoms with Crippen molar-refractivity contribution >= 4 is 17.1 Å².